The van der Waals surface area contributed by atoms with Gasteiger partial charge in [-0.25, -0.2) is 4.79 Å². The summed E-state index contributed by atoms with van der Waals surface area (Å²) in [6.07, 6.45) is 8.01. The molecule has 29 heavy (non-hydrogen) atoms. The molecule has 0 aromatic rings. The van der Waals surface area contributed by atoms with Gasteiger partial charge in [0.15, 0.2) is 0 Å². The average molecular weight is 423 g/mol. The lowest BCUT2D eigenvalue weighted by atomic mass is 9.97. The van der Waals surface area contributed by atoms with Crippen LogP contribution in [-0.2, 0) is 19.2 Å². The molecular weight excluding hydrogens is 396 g/mol. The molecule has 0 spiro atoms. The number of carbonyl (C=O) groups is 4. The van der Waals surface area contributed by atoms with Crippen LogP contribution in [0.4, 0.5) is 0 Å². The second kappa shape index (κ2) is 9.75. The number of β-lactam (4-membered cyclic amide) rings is 1. The Morgan fingerprint density at radius 2 is 2.07 bits per heavy atom. The third-order valence-electron chi connectivity index (χ3n) is 4.59. The van der Waals surface area contributed by atoms with E-state index in [1.54, 1.807) is 21.0 Å². The molecule has 9 nitrogen and oxygen atoms in total. The van der Waals surface area contributed by atoms with E-state index in [0.717, 1.165) is 18.4 Å². The molecule has 2 aliphatic heterocycles. The third-order valence-corrected chi connectivity index (χ3v) is 6.01. The van der Waals surface area contributed by atoms with Crippen molar-refractivity contribution in [1.29, 1.82) is 0 Å². The first-order chi connectivity index (χ1) is 13.7. The number of hydrogen-bond acceptors (Lipinski definition) is 6. The topological polar surface area (TPSA) is 133 Å². The Bertz CT molecular complexity index is 789. The summed E-state index contributed by atoms with van der Waals surface area (Å²) in [5, 5.41) is 11.6. The largest absolute Gasteiger partial charge is 0.477 e. The normalized spacial score (nSPS) is 23.7. The van der Waals surface area contributed by atoms with Crippen LogP contribution in [0.25, 0.3) is 0 Å². The number of hydrogen-bond donors (Lipinski definition) is 3. The van der Waals surface area contributed by atoms with Crippen molar-refractivity contribution >= 4 is 36.0 Å². The van der Waals surface area contributed by atoms with Crippen LogP contribution in [0.15, 0.2) is 35.1 Å². The van der Waals surface area contributed by atoms with E-state index in [4.69, 9.17) is 5.73 Å². The number of allylic oxidation sites excluding steroid dienone is 3. The summed E-state index contributed by atoms with van der Waals surface area (Å²) < 4.78 is 0. The summed E-state index contributed by atoms with van der Waals surface area (Å²) >= 11 is 1.45. The predicted octanol–water partition coefficient (Wildman–Crippen LogP) is 0.0530. The molecule has 158 valence electrons. The first-order valence-corrected chi connectivity index (χ1v) is 10.1. The van der Waals surface area contributed by atoms with E-state index in [0.29, 0.717) is 17.7 Å². The van der Waals surface area contributed by atoms with Crippen LogP contribution in [0.5, 0.6) is 0 Å². The zero-order chi connectivity index (χ0) is 21.7. The summed E-state index contributed by atoms with van der Waals surface area (Å²) in [6.45, 7) is 1.70. The highest BCUT2D eigenvalue weighted by Gasteiger charge is 2.53. The number of carboxylic acid groups (broad SMARTS) is 1. The van der Waals surface area contributed by atoms with Gasteiger partial charge in [0.25, 0.3) is 5.91 Å². The van der Waals surface area contributed by atoms with Gasteiger partial charge in [-0.1, -0.05) is 18.2 Å². The van der Waals surface area contributed by atoms with E-state index in [-0.39, 0.29) is 11.1 Å². The lowest BCUT2D eigenvalue weighted by Gasteiger charge is -2.49. The van der Waals surface area contributed by atoms with Gasteiger partial charge in [-0.05, 0) is 30.9 Å². The number of carbonyl (C=O) groups excluding carboxylic acids is 3. The molecule has 0 bridgehead atoms. The zero-order valence-corrected chi connectivity index (χ0v) is 17.4. The summed E-state index contributed by atoms with van der Waals surface area (Å²) in [5.41, 5.74) is 7.49. The highest BCUT2D eigenvalue weighted by atomic mass is 32.2. The van der Waals surface area contributed by atoms with Gasteiger partial charge in [-0.15, -0.1) is 11.8 Å². The van der Waals surface area contributed by atoms with Crippen molar-refractivity contribution in [3.05, 3.63) is 35.1 Å². The smallest absolute Gasteiger partial charge is 0.352 e. The van der Waals surface area contributed by atoms with Crippen molar-refractivity contribution in [1.82, 2.24) is 15.1 Å². The molecule has 3 atom stereocenters. The summed E-state index contributed by atoms with van der Waals surface area (Å²) in [4.78, 5) is 48.2. The number of amides is 3. The van der Waals surface area contributed by atoms with Gasteiger partial charge in [-0.3, -0.25) is 19.3 Å². The van der Waals surface area contributed by atoms with Crippen molar-refractivity contribution in [3.8, 4) is 0 Å². The number of nitrogens with two attached hydrogens (primary N) is 1. The zero-order valence-electron chi connectivity index (χ0n) is 16.6. The number of nitrogens with one attached hydrogen (secondary N) is 1. The minimum Gasteiger partial charge on any atom is -0.477 e. The van der Waals surface area contributed by atoms with Gasteiger partial charge in [0.05, 0.1) is 0 Å². The van der Waals surface area contributed by atoms with E-state index in [2.05, 4.69) is 5.32 Å². The summed E-state index contributed by atoms with van der Waals surface area (Å²) in [5.74, 6) is -1.41. The minimum atomic E-state index is -1.12. The standard InChI is InChI=1S/C16H19N3O4S.C3H7NO/c1-8-7-24-15-11(14(21)19(15)12(8)16(22)23)18-13(20)10(17)9-5-3-2-4-6-9;1-4(2)3-5/h2-3,6,10-11,15H,4-5,7,17H2,1H3,(H,18,20)(H,22,23);3H,1-2H3/t10-,11-,15-;/m1./s1. The Balaban J connectivity index is 0.000000537. The van der Waals surface area contributed by atoms with Gasteiger partial charge in [0.1, 0.15) is 23.2 Å². The molecule has 0 saturated carbocycles. The van der Waals surface area contributed by atoms with Crippen LogP contribution in [-0.4, -0.2) is 76.4 Å². The van der Waals surface area contributed by atoms with Crippen molar-refractivity contribution in [2.75, 3.05) is 19.8 Å². The minimum absolute atomic E-state index is 0.0265. The maximum Gasteiger partial charge on any atom is 0.352 e. The van der Waals surface area contributed by atoms with E-state index >= 15 is 0 Å². The number of fused-ring (bicyclic) bond motifs is 1. The summed E-state index contributed by atoms with van der Waals surface area (Å²) in [6, 6.07) is -1.52. The van der Waals surface area contributed by atoms with Crippen molar-refractivity contribution in [3.63, 3.8) is 0 Å². The van der Waals surface area contributed by atoms with Gasteiger partial charge in [0.2, 0.25) is 12.3 Å². The summed E-state index contributed by atoms with van der Waals surface area (Å²) in [7, 11) is 3.38. The second-order valence-electron chi connectivity index (χ2n) is 7.07. The molecule has 0 radical (unpaired) electrons. The Morgan fingerprint density at radius 3 is 2.59 bits per heavy atom. The highest BCUT2D eigenvalue weighted by molar-refractivity contribution is 8.00. The fourth-order valence-electron chi connectivity index (χ4n) is 3.06. The number of nitrogens with zero attached hydrogens (tertiary/aromatic N) is 2. The number of rotatable bonds is 5. The number of thioether (sulfide) groups is 1. The van der Waals surface area contributed by atoms with Crippen molar-refractivity contribution in [2.45, 2.75) is 37.2 Å². The molecule has 0 aromatic heterocycles. The SMILES string of the molecule is CC1=C(C(=O)O)N2C(=O)[C@@H](NC(=O)[C@H](N)C3=CCC=CC3)[C@H]2SC1.CN(C)C=O. The molecule has 1 fully saturated rings. The Hall–Kier alpha value is -2.59. The van der Waals surface area contributed by atoms with Gasteiger partial charge >= 0.3 is 5.97 Å². The van der Waals surface area contributed by atoms with Crippen LogP contribution >= 0.6 is 11.8 Å². The first-order valence-electron chi connectivity index (χ1n) is 9.08. The second-order valence-corrected chi connectivity index (χ2v) is 8.17. The van der Waals surface area contributed by atoms with Gasteiger partial charge < -0.3 is 21.1 Å². The molecule has 4 N–H and O–H groups in total. The lowest BCUT2D eigenvalue weighted by Crippen LogP contribution is -2.71. The third kappa shape index (κ3) is 5.07. The Kier molecular flexibility index (Phi) is 7.63. The van der Waals surface area contributed by atoms with Gasteiger partial charge in [-0.2, -0.15) is 0 Å². The predicted molar refractivity (Wildman–Crippen MR) is 110 cm³/mol. The Morgan fingerprint density at radius 1 is 1.41 bits per heavy atom. The number of aliphatic carboxylic acids is 1. The van der Waals surface area contributed by atoms with Crippen LogP contribution in [0.3, 0.4) is 0 Å². The highest BCUT2D eigenvalue weighted by Crippen LogP contribution is 2.40. The first kappa shape index (κ1) is 22.7. The van der Waals surface area contributed by atoms with Crippen molar-refractivity contribution < 1.29 is 24.3 Å². The molecule has 3 rings (SSSR count). The number of carboxylic acids is 1. The molecule has 2 heterocycles. The van der Waals surface area contributed by atoms with Crippen LogP contribution < -0.4 is 11.1 Å². The monoisotopic (exact) mass is 422 g/mol. The maximum absolute atomic E-state index is 12.3. The van der Waals surface area contributed by atoms with E-state index < -0.39 is 29.9 Å². The molecule has 1 aliphatic carbocycles. The molecule has 10 heteroatoms. The molecule has 0 aromatic carbocycles. The van der Waals surface area contributed by atoms with Gasteiger partial charge in [0, 0.05) is 19.8 Å². The molecular formula is C19H26N4O5S. The molecule has 0 unspecified atom stereocenters. The average Bonchev–Trinajstić information content (AvgIpc) is 2.71. The van der Waals surface area contributed by atoms with Crippen LogP contribution in [0.2, 0.25) is 0 Å². The fraction of sp³-hybridized carbons (Fsp3) is 0.474. The fourth-order valence-corrected chi connectivity index (χ4v) is 4.35. The van der Waals surface area contributed by atoms with Crippen LogP contribution in [0, 0.1) is 0 Å². The molecule has 3 amide bonds. The van der Waals surface area contributed by atoms with Crippen molar-refractivity contribution in [2.24, 2.45) is 5.73 Å². The maximum atomic E-state index is 12.3. The quantitative estimate of drug-likeness (QED) is 0.324. The lowest BCUT2D eigenvalue weighted by molar-refractivity contribution is -0.150. The Labute approximate surface area is 173 Å². The molecule has 3 aliphatic rings. The van der Waals surface area contributed by atoms with Crippen LogP contribution in [0.1, 0.15) is 19.8 Å². The van der Waals surface area contributed by atoms with E-state index in [1.165, 1.54) is 21.6 Å². The van der Waals surface area contributed by atoms with E-state index in [9.17, 15) is 24.3 Å². The molecule has 1 saturated heterocycles. The van der Waals surface area contributed by atoms with E-state index in [1.807, 2.05) is 18.2 Å².